The molecule has 3 aromatic rings. The highest BCUT2D eigenvalue weighted by atomic mass is 32.2. The molecule has 0 saturated heterocycles. The molecule has 150 valence electrons. The number of ether oxygens (including phenoxy) is 1. The Morgan fingerprint density at radius 1 is 0.862 bits per heavy atom. The molecule has 1 amide bonds. The first kappa shape index (κ1) is 20.6. The Kier molecular flexibility index (Phi) is 6.31. The average molecular weight is 410 g/mol. The summed E-state index contributed by atoms with van der Waals surface area (Å²) in [5, 5.41) is 2.71. The molecule has 0 aliphatic rings. The Bertz CT molecular complexity index is 1080. The SMILES string of the molecule is COc1ccc(CNS(=O)(=O)c2ccc(-c3ccc(NC(C)=O)cc3)cc2)cc1. The third-order valence-electron chi connectivity index (χ3n) is 4.33. The number of methoxy groups -OCH3 is 1. The fraction of sp³-hybridized carbons (Fsp3) is 0.136. The van der Waals surface area contributed by atoms with Crippen LogP contribution in [0.3, 0.4) is 0 Å². The number of nitrogens with one attached hydrogen (secondary N) is 2. The van der Waals surface area contributed by atoms with E-state index in [0.717, 1.165) is 22.4 Å². The number of hydrogen-bond donors (Lipinski definition) is 2. The summed E-state index contributed by atoms with van der Waals surface area (Å²) in [5.41, 5.74) is 3.36. The van der Waals surface area contributed by atoms with Gasteiger partial charge in [-0.15, -0.1) is 0 Å². The van der Waals surface area contributed by atoms with E-state index >= 15 is 0 Å². The van der Waals surface area contributed by atoms with E-state index in [2.05, 4.69) is 10.0 Å². The van der Waals surface area contributed by atoms with Gasteiger partial charge in [0.1, 0.15) is 5.75 Å². The summed E-state index contributed by atoms with van der Waals surface area (Å²) in [7, 11) is -2.04. The molecule has 0 bridgehead atoms. The highest BCUT2D eigenvalue weighted by Gasteiger charge is 2.14. The Morgan fingerprint density at radius 2 is 1.41 bits per heavy atom. The number of rotatable bonds is 7. The van der Waals surface area contributed by atoms with Crippen molar-refractivity contribution in [2.75, 3.05) is 12.4 Å². The van der Waals surface area contributed by atoms with Crippen LogP contribution < -0.4 is 14.8 Å². The molecular formula is C22H22N2O4S. The third-order valence-corrected chi connectivity index (χ3v) is 5.75. The van der Waals surface area contributed by atoms with Crippen LogP contribution in [0, 0.1) is 0 Å². The molecule has 0 atom stereocenters. The molecule has 0 heterocycles. The fourth-order valence-corrected chi connectivity index (χ4v) is 3.80. The predicted molar refractivity (Wildman–Crippen MR) is 113 cm³/mol. The minimum Gasteiger partial charge on any atom is -0.497 e. The van der Waals surface area contributed by atoms with Gasteiger partial charge in [0.25, 0.3) is 0 Å². The number of anilines is 1. The molecule has 0 aromatic heterocycles. The molecule has 0 radical (unpaired) electrons. The van der Waals surface area contributed by atoms with Crippen LogP contribution in [0.25, 0.3) is 11.1 Å². The van der Waals surface area contributed by atoms with Crippen LogP contribution in [0.5, 0.6) is 5.75 Å². The smallest absolute Gasteiger partial charge is 0.240 e. The molecule has 2 N–H and O–H groups in total. The molecule has 6 nitrogen and oxygen atoms in total. The van der Waals surface area contributed by atoms with E-state index in [4.69, 9.17) is 4.74 Å². The minimum atomic E-state index is -3.62. The van der Waals surface area contributed by atoms with E-state index in [1.165, 1.54) is 6.92 Å². The number of carbonyl (C=O) groups is 1. The van der Waals surface area contributed by atoms with Crippen LogP contribution in [0.4, 0.5) is 5.69 Å². The van der Waals surface area contributed by atoms with Gasteiger partial charge in [-0.2, -0.15) is 0 Å². The molecule has 0 saturated carbocycles. The zero-order valence-corrected chi connectivity index (χ0v) is 17.0. The Labute approximate surface area is 170 Å². The van der Waals surface area contributed by atoms with E-state index in [1.807, 2.05) is 24.3 Å². The van der Waals surface area contributed by atoms with Gasteiger partial charge in [-0.1, -0.05) is 36.4 Å². The van der Waals surface area contributed by atoms with Gasteiger partial charge in [-0.3, -0.25) is 4.79 Å². The highest BCUT2D eigenvalue weighted by molar-refractivity contribution is 7.89. The number of amides is 1. The van der Waals surface area contributed by atoms with E-state index in [-0.39, 0.29) is 17.3 Å². The van der Waals surface area contributed by atoms with E-state index < -0.39 is 10.0 Å². The number of benzene rings is 3. The van der Waals surface area contributed by atoms with Crippen LogP contribution in [0.15, 0.2) is 77.7 Å². The fourth-order valence-electron chi connectivity index (χ4n) is 2.78. The van der Waals surface area contributed by atoms with E-state index in [9.17, 15) is 13.2 Å². The molecule has 0 spiro atoms. The van der Waals surface area contributed by atoms with Crippen molar-refractivity contribution >= 4 is 21.6 Å². The lowest BCUT2D eigenvalue weighted by molar-refractivity contribution is -0.114. The second-order valence-corrected chi connectivity index (χ2v) is 8.22. The van der Waals surface area contributed by atoms with Gasteiger partial charge in [-0.05, 0) is 53.1 Å². The quantitative estimate of drug-likeness (QED) is 0.621. The van der Waals surface area contributed by atoms with Gasteiger partial charge in [-0.25, -0.2) is 13.1 Å². The second-order valence-electron chi connectivity index (χ2n) is 6.46. The molecule has 0 fully saturated rings. The lowest BCUT2D eigenvalue weighted by Crippen LogP contribution is -2.23. The largest absolute Gasteiger partial charge is 0.497 e. The van der Waals surface area contributed by atoms with Gasteiger partial charge in [0, 0.05) is 19.2 Å². The van der Waals surface area contributed by atoms with Crippen molar-refractivity contribution in [3.05, 3.63) is 78.4 Å². The normalized spacial score (nSPS) is 11.1. The van der Waals surface area contributed by atoms with Crippen LogP contribution in [-0.4, -0.2) is 21.4 Å². The third kappa shape index (κ3) is 5.43. The number of hydrogen-bond acceptors (Lipinski definition) is 4. The molecule has 0 aliphatic heterocycles. The van der Waals surface area contributed by atoms with Crippen LogP contribution in [-0.2, 0) is 21.4 Å². The number of sulfonamides is 1. The second kappa shape index (κ2) is 8.89. The summed E-state index contributed by atoms with van der Waals surface area (Å²) >= 11 is 0. The lowest BCUT2D eigenvalue weighted by Gasteiger charge is -2.09. The summed E-state index contributed by atoms with van der Waals surface area (Å²) in [6.45, 7) is 1.65. The molecule has 3 aromatic carbocycles. The molecule has 29 heavy (non-hydrogen) atoms. The standard InChI is InChI=1S/C22H22N2O4S/c1-16(25)24-20-9-5-18(6-10-20)19-7-13-22(14-8-19)29(26,27)23-15-17-3-11-21(28-2)12-4-17/h3-14,23H,15H2,1-2H3,(H,24,25). The van der Waals surface area contributed by atoms with E-state index in [1.54, 1.807) is 55.6 Å². The van der Waals surface area contributed by atoms with Crippen LogP contribution in [0.1, 0.15) is 12.5 Å². The van der Waals surface area contributed by atoms with Crippen molar-refractivity contribution in [1.82, 2.24) is 4.72 Å². The summed E-state index contributed by atoms with van der Waals surface area (Å²) in [5.74, 6) is 0.590. The zero-order chi connectivity index (χ0) is 20.9. The first-order valence-electron chi connectivity index (χ1n) is 8.98. The molecule has 0 aliphatic carbocycles. The van der Waals surface area contributed by atoms with Crippen molar-refractivity contribution in [2.24, 2.45) is 0 Å². The summed E-state index contributed by atoms with van der Waals surface area (Å²) in [6.07, 6.45) is 0. The van der Waals surface area contributed by atoms with Gasteiger partial charge >= 0.3 is 0 Å². The monoisotopic (exact) mass is 410 g/mol. The van der Waals surface area contributed by atoms with E-state index in [0.29, 0.717) is 5.69 Å². The molecule has 0 unspecified atom stereocenters. The average Bonchev–Trinajstić information content (AvgIpc) is 2.73. The lowest BCUT2D eigenvalue weighted by atomic mass is 10.1. The van der Waals surface area contributed by atoms with Crippen molar-refractivity contribution in [3.63, 3.8) is 0 Å². The molecule has 7 heteroatoms. The van der Waals surface area contributed by atoms with Crippen molar-refractivity contribution in [2.45, 2.75) is 18.4 Å². The maximum Gasteiger partial charge on any atom is 0.240 e. The van der Waals surface area contributed by atoms with Crippen LogP contribution >= 0.6 is 0 Å². The first-order chi connectivity index (χ1) is 13.9. The highest BCUT2D eigenvalue weighted by Crippen LogP contribution is 2.23. The zero-order valence-electron chi connectivity index (χ0n) is 16.2. The topological polar surface area (TPSA) is 84.5 Å². The first-order valence-corrected chi connectivity index (χ1v) is 10.5. The minimum absolute atomic E-state index is 0.130. The van der Waals surface area contributed by atoms with Crippen molar-refractivity contribution < 1.29 is 17.9 Å². The summed E-state index contributed by atoms with van der Waals surface area (Å²) in [6, 6.07) is 21.2. The maximum atomic E-state index is 12.5. The van der Waals surface area contributed by atoms with Gasteiger partial charge in [0.2, 0.25) is 15.9 Å². The Hall–Kier alpha value is -3.16. The Balaban J connectivity index is 1.68. The van der Waals surface area contributed by atoms with Crippen LogP contribution in [0.2, 0.25) is 0 Å². The Morgan fingerprint density at radius 3 is 1.93 bits per heavy atom. The summed E-state index contributed by atoms with van der Waals surface area (Å²) in [4.78, 5) is 11.3. The predicted octanol–water partition coefficient (Wildman–Crippen LogP) is 3.80. The van der Waals surface area contributed by atoms with Crippen molar-refractivity contribution in [1.29, 1.82) is 0 Å². The summed E-state index contributed by atoms with van der Waals surface area (Å²) < 4.78 is 32.8. The molecule has 3 rings (SSSR count). The van der Waals surface area contributed by atoms with Crippen molar-refractivity contribution in [3.8, 4) is 16.9 Å². The van der Waals surface area contributed by atoms with Gasteiger partial charge in [0.15, 0.2) is 0 Å². The maximum absolute atomic E-state index is 12.5. The molecular weight excluding hydrogens is 388 g/mol. The van der Waals surface area contributed by atoms with Gasteiger partial charge in [0.05, 0.1) is 12.0 Å². The van der Waals surface area contributed by atoms with Gasteiger partial charge < -0.3 is 10.1 Å². The number of carbonyl (C=O) groups excluding carboxylic acids is 1.